The zero-order chi connectivity index (χ0) is 14.3. The Morgan fingerprint density at radius 3 is 2.63 bits per heavy atom. The van der Waals surface area contributed by atoms with Gasteiger partial charge in [-0.25, -0.2) is 0 Å². The first-order chi connectivity index (χ1) is 9.08. The van der Waals surface area contributed by atoms with E-state index < -0.39 is 0 Å². The Morgan fingerprint density at radius 2 is 2.05 bits per heavy atom. The molecule has 1 aromatic rings. The van der Waals surface area contributed by atoms with Gasteiger partial charge < -0.3 is 5.32 Å². The minimum absolute atomic E-state index is 0.902. The molecule has 0 amide bonds. The van der Waals surface area contributed by atoms with Gasteiger partial charge in [0.15, 0.2) is 0 Å². The topological polar surface area (TPSA) is 24.4 Å². The lowest BCUT2D eigenvalue weighted by molar-refractivity contribution is 0.805. The van der Waals surface area contributed by atoms with Crippen LogP contribution in [0.25, 0.3) is 5.70 Å². The molecule has 1 aromatic carbocycles. The molecule has 0 radical (unpaired) electrons. The Kier molecular flexibility index (Phi) is 6.34. The van der Waals surface area contributed by atoms with Crippen molar-refractivity contribution in [1.82, 2.24) is 5.32 Å². The lowest BCUT2D eigenvalue weighted by Gasteiger charge is -2.13. The van der Waals surface area contributed by atoms with Gasteiger partial charge >= 0.3 is 0 Å². The van der Waals surface area contributed by atoms with Crippen LogP contribution in [-0.4, -0.2) is 12.4 Å². The van der Waals surface area contributed by atoms with Crippen LogP contribution in [0.2, 0.25) is 0 Å². The van der Waals surface area contributed by atoms with E-state index in [-0.39, 0.29) is 0 Å². The van der Waals surface area contributed by atoms with Crippen LogP contribution in [0.5, 0.6) is 0 Å². The van der Waals surface area contributed by atoms with E-state index in [4.69, 9.17) is 0 Å². The summed E-state index contributed by atoms with van der Waals surface area (Å²) in [6.07, 6.45) is 4.44. The van der Waals surface area contributed by atoms with Gasteiger partial charge in [0.2, 0.25) is 0 Å². The first-order valence-corrected chi connectivity index (χ1v) is 7.10. The number of unbranched alkanes of at least 4 members (excludes halogenated alkanes) is 1. The average Bonchev–Trinajstić information content (AvgIpc) is 2.37. The van der Waals surface area contributed by atoms with Crippen molar-refractivity contribution in [1.29, 1.82) is 0 Å². The van der Waals surface area contributed by atoms with Crippen LogP contribution in [0, 0.1) is 13.8 Å². The number of aliphatic imine (C=N–C) groups is 1. The number of nitrogens with one attached hydrogen (secondary N) is 1. The number of allylic oxidation sites excluding steroid dienone is 1. The molecule has 0 fully saturated rings. The highest BCUT2D eigenvalue weighted by Gasteiger charge is 2.05. The van der Waals surface area contributed by atoms with Gasteiger partial charge in [-0.15, -0.1) is 0 Å². The molecule has 2 heteroatoms. The monoisotopic (exact) mass is 258 g/mol. The number of hydrogen-bond donors (Lipinski definition) is 1. The summed E-state index contributed by atoms with van der Waals surface area (Å²) in [4.78, 5) is 4.54. The van der Waals surface area contributed by atoms with Crippen LogP contribution >= 0.6 is 0 Å². The molecule has 0 aliphatic rings. The molecule has 0 saturated carbocycles. The third kappa shape index (κ3) is 4.90. The van der Waals surface area contributed by atoms with Gasteiger partial charge in [-0.2, -0.15) is 0 Å². The van der Waals surface area contributed by atoms with Gasteiger partial charge in [0, 0.05) is 17.8 Å². The quantitative estimate of drug-likeness (QED) is 0.470. The summed E-state index contributed by atoms with van der Waals surface area (Å²) in [6.45, 7) is 11.4. The molecule has 0 spiro atoms. The molecule has 0 aliphatic carbocycles. The normalized spacial score (nSPS) is 12.7. The smallest absolute Gasteiger partial charge is 0.0975 e. The average molecular weight is 258 g/mol. The lowest BCUT2D eigenvalue weighted by Crippen LogP contribution is -2.19. The summed E-state index contributed by atoms with van der Waals surface area (Å²) in [5.41, 5.74) is 4.97. The minimum Gasteiger partial charge on any atom is -0.344 e. The Bertz CT molecular complexity index is 470. The standard InChI is InChI=1S/C17H26N2/c1-6-8-11-18-15(5)19-17(7-2)16-10-9-13(3)12-14(16)4/h7,9-10,12H,6,8,11H2,1-5H3,(H,18,19)/b17-7-. The number of amidine groups is 1. The number of rotatable bonds is 5. The number of nitrogens with zero attached hydrogens (tertiary/aromatic N) is 1. The van der Waals surface area contributed by atoms with Crippen LogP contribution in [0.3, 0.4) is 0 Å². The van der Waals surface area contributed by atoms with E-state index >= 15 is 0 Å². The van der Waals surface area contributed by atoms with Gasteiger partial charge in [-0.05, 0) is 39.7 Å². The highest BCUT2D eigenvalue weighted by atomic mass is 15.0. The van der Waals surface area contributed by atoms with Crippen molar-refractivity contribution in [3.05, 3.63) is 41.0 Å². The molecule has 0 heterocycles. The van der Waals surface area contributed by atoms with E-state index in [9.17, 15) is 0 Å². The summed E-state index contributed by atoms with van der Waals surface area (Å²) in [6, 6.07) is 6.54. The molecule has 19 heavy (non-hydrogen) atoms. The summed E-state index contributed by atoms with van der Waals surface area (Å²) < 4.78 is 0. The van der Waals surface area contributed by atoms with Crippen molar-refractivity contribution in [2.24, 2.45) is 4.99 Å². The number of hydrogen-bond acceptors (Lipinski definition) is 1. The molecule has 0 aromatic heterocycles. The van der Waals surface area contributed by atoms with Gasteiger partial charge in [0.25, 0.3) is 0 Å². The molecular formula is C17H26N2. The highest BCUT2D eigenvalue weighted by Crippen LogP contribution is 2.18. The maximum absolute atomic E-state index is 4.54. The van der Waals surface area contributed by atoms with Crippen LogP contribution in [0.1, 0.15) is 50.3 Å². The molecule has 1 rings (SSSR count). The predicted molar refractivity (Wildman–Crippen MR) is 85.6 cm³/mol. The third-order valence-electron chi connectivity index (χ3n) is 3.14. The van der Waals surface area contributed by atoms with Crippen molar-refractivity contribution in [2.75, 3.05) is 6.54 Å². The SMILES string of the molecule is C/C=C(\NC(C)=NCCCC)c1ccc(C)cc1C. The Morgan fingerprint density at radius 1 is 1.32 bits per heavy atom. The fourth-order valence-corrected chi connectivity index (χ4v) is 2.05. The van der Waals surface area contributed by atoms with Crippen LogP contribution in [0.4, 0.5) is 0 Å². The second-order valence-corrected chi connectivity index (χ2v) is 4.97. The minimum atomic E-state index is 0.902. The van der Waals surface area contributed by atoms with Crippen molar-refractivity contribution in [3.8, 4) is 0 Å². The van der Waals surface area contributed by atoms with Crippen LogP contribution in [-0.2, 0) is 0 Å². The third-order valence-corrected chi connectivity index (χ3v) is 3.14. The second-order valence-electron chi connectivity index (χ2n) is 4.97. The molecule has 0 atom stereocenters. The van der Waals surface area contributed by atoms with E-state index in [0.717, 1.165) is 24.5 Å². The zero-order valence-corrected chi connectivity index (χ0v) is 12.9. The summed E-state index contributed by atoms with van der Waals surface area (Å²) in [5, 5.41) is 3.41. The van der Waals surface area contributed by atoms with Gasteiger partial charge in [0.1, 0.15) is 0 Å². The summed E-state index contributed by atoms with van der Waals surface area (Å²) in [5.74, 6) is 0.988. The van der Waals surface area contributed by atoms with Crippen molar-refractivity contribution in [3.63, 3.8) is 0 Å². The molecule has 0 unspecified atom stereocenters. The molecule has 2 nitrogen and oxygen atoms in total. The van der Waals surface area contributed by atoms with Crippen LogP contribution < -0.4 is 5.32 Å². The van der Waals surface area contributed by atoms with Crippen molar-refractivity contribution < 1.29 is 0 Å². The van der Waals surface area contributed by atoms with Crippen molar-refractivity contribution >= 4 is 11.5 Å². The van der Waals surface area contributed by atoms with E-state index in [1.807, 2.05) is 6.92 Å². The molecule has 1 N–H and O–H groups in total. The van der Waals surface area contributed by atoms with Crippen molar-refractivity contribution in [2.45, 2.75) is 47.5 Å². The zero-order valence-electron chi connectivity index (χ0n) is 12.9. The molecule has 0 bridgehead atoms. The largest absolute Gasteiger partial charge is 0.344 e. The molecule has 0 aliphatic heterocycles. The van der Waals surface area contributed by atoms with E-state index in [2.05, 4.69) is 62.3 Å². The maximum atomic E-state index is 4.54. The fraction of sp³-hybridized carbons (Fsp3) is 0.471. The predicted octanol–water partition coefficient (Wildman–Crippen LogP) is 4.47. The fourth-order valence-electron chi connectivity index (χ4n) is 2.05. The van der Waals surface area contributed by atoms with E-state index in [1.54, 1.807) is 0 Å². The lowest BCUT2D eigenvalue weighted by atomic mass is 10.0. The van der Waals surface area contributed by atoms with Gasteiger partial charge in [-0.1, -0.05) is 43.2 Å². The Labute approximate surface area is 117 Å². The summed E-state index contributed by atoms with van der Waals surface area (Å²) >= 11 is 0. The Balaban J connectivity index is 2.82. The Hall–Kier alpha value is -1.57. The highest BCUT2D eigenvalue weighted by molar-refractivity contribution is 5.89. The molecular weight excluding hydrogens is 232 g/mol. The van der Waals surface area contributed by atoms with E-state index in [0.29, 0.717) is 0 Å². The maximum Gasteiger partial charge on any atom is 0.0975 e. The summed E-state index contributed by atoms with van der Waals surface area (Å²) in [7, 11) is 0. The van der Waals surface area contributed by atoms with Gasteiger partial charge in [-0.3, -0.25) is 4.99 Å². The molecule has 0 saturated heterocycles. The van der Waals surface area contributed by atoms with E-state index in [1.165, 1.54) is 23.1 Å². The number of aryl methyl sites for hydroxylation is 2. The number of benzene rings is 1. The molecule has 104 valence electrons. The van der Waals surface area contributed by atoms with Gasteiger partial charge in [0.05, 0.1) is 5.84 Å². The van der Waals surface area contributed by atoms with Crippen LogP contribution in [0.15, 0.2) is 29.3 Å². The first-order valence-electron chi connectivity index (χ1n) is 7.10. The first kappa shape index (κ1) is 15.5. The second kappa shape index (κ2) is 7.78.